The second-order valence-corrected chi connectivity index (χ2v) is 2.33. The third-order valence-corrected chi connectivity index (χ3v) is 1.45. The summed E-state index contributed by atoms with van der Waals surface area (Å²) in [6, 6.07) is 0. The maximum absolute atomic E-state index is 10.9. The number of aryl methyl sites for hydroxylation is 1. The molecule has 2 N–H and O–H groups in total. The number of nitrogens with zero attached hydrogens (tertiary/aromatic N) is 2. The van der Waals surface area contributed by atoms with Crippen LogP contribution in [0.5, 0.6) is 5.95 Å². The minimum Gasteiger partial charge on any atom is -0.539 e. The molecule has 0 spiro atoms. The van der Waals surface area contributed by atoms with Crippen LogP contribution in [-0.2, 0) is 13.6 Å². The van der Waals surface area contributed by atoms with Crippen LogP contribution >= 0.6 is 0 Å². The topological polar surface area (TPSA) is 85.2 Å². The SMILES string of the molecule is C[n+]1noc([O-])c1CNCCO. The van der Waals surface area contributed by atoms with Crippen LogP contribution in [0.1, 0.15) is 5.69 Å². The summed E-state index contributed by atoms with van der Waals surface area (Å²) in [7, 11) is 1.63. The molecular formula is C6H11N3O3. The zero-order chi connectivity index (χ0) is 8.97. The fraction of sp³-hybridized carbons (Fsp3) is 0.667. The predicted molar refractivity (Wildman–Crippen MR) is 35.9 cm³/mol. The lowest BCUT2D eigenvalue weighted by atomic mass is 10.4. The Kier molecular flexibility index (Phi) is 3.01. The van der Waals surface area contributed by atoms with E-state index in [2.05, 4.69) is 15.1 Å². The quantitative estimate of drug-likeness (QED) is 0.393. The maximum atomic E-state index is 10.9. The highest BCUT2D eigenvalue weighted by Gasteiger charge is 2.11. The van der Waals surface area contributed by atoms with Crippen molar-refractivity contribution in [3.8, 4) is 5.95 Å². The largest absolute Gasteiger partial charge is 0.539 e. The Bertz CT molecular complexity index is 229. The molecule has 1 aromatic rings. The fourth-order valence-electron chi connectivity index (χ4n) is 0.805. The van der Waals surface area contributed by atoms with Gasteiger partial charge in [0.1, 0.15) is 0 Å². The third kappa shape index (κ3) is 1.93. The fourth-order valence-corrected chi connectivity index (χ4v) is 0.805. The normalized spacial score (nSPS) is 10.5. The van der Waals surface area contributed by atoms with Crippen molar-refractivity contribution in [2.75, 3.05) is 13.2 Å². The first-order valence-corrected chi connectivity index (χ1v) is 3.59. The van der Waals surface area contributed by atoms with Gasteiger partial charge in [0.25, 0.3) is 0 Å². The lowest BCUT2D eigenvalue weighted by molar-refractivity contribution is -0.746. The van der Waals surface area contributed by atoms with E-state index in [-0.39, 0.29) is 6.61 Å². The van der Waals surface area contributed by atoms with Gasteiger partial charge in [0.2, 0.25) is 5.69 Å². The molecule has 0 bridgehead atoms. The number of aliphatic hydroxyl groups excluding tert-OH is 1. The lowest BCUT2D eigenvalue weighted by Gasteiger charge is -1.97. The number of nitrogens with one attached hydrogen (secondary N) is 1. The first-order chi connectivity index (χ1) is 5.75. The molecule has 0 radical (unpaired) electrons. The Hall–Kier alpha value is -1.14. The molecule has 0 aliphatic rings. The molecule has 0 aliphatic carbocycles. The average molecular weight is 173 g/mol. The van der Waals surface area contributed by atoms with Gasteiger partial charge in [-0.25, -0.2) is 0 Å². The van der Waals surface area contributed by atoms with Crippen molar-refractivity contribution in [1.82, 2.24) is 10.6 Å². The molecule has 1 heterocycles. The van der Waals surface area contributed by atoms with E-state index in [4.69, 9.17) is 5.11 Å². The predicted octanol–water partition coefficient (Wildman–Crippen LogP) is -2.35. The van der Waals surface area contributed by atoms with Crippen LogP contribution in [0.3, 0.4) is 0 Å². The number of aromatic nitrogens is 2. The van der Waals surface area contributed by atoms with Gasteiger partial charge in [0.15, 0.2) is 13.0 Å². The number of hydrogen-bond acceptors (Lipinski definition) is 5. The zero-order valence-corrected chi connectivity index (χ0v) is 6.78. The molecule has 0 atom stereocenters. The average Bonchev–Trinajstić information content (AvgIpc) is 2.35. The van der Waals surface area contributed by atoms with E-state index in [0.717, 1.165) is 0 Å². The molecule has 0 saturated carbocycles. The molecule has 0 unspecified atom stereocenters. The second kappa shape index (κ2) is 4.03. The van der Waals surface area contributed by atoms with Crippen molar-refractivity contribution in [2.45, 2.75) is 6.54 Å². The zero-order valence-electron chi connectivity index (χ0n) is 6.78. The Morgan fingerprint density at radius 1 is 1.75 bits per heavy atom. The molecule has 0 aromatic carbocycles. The number of aliphatic hydroxyl groups is 1. The van der Waals surface area contributed by atoms with Gasteiger partial charge >= 0.3 is 0 Å². The smallest absolute Gasteiger partial charge is 0.246 e. The van der Waals surface area contributed by atoms with Crippen LogP contribution in [0.2, 0.25) is 0 Å². The Balaban J connectivity index is 2.50. The highest BCUT2D eigenvalue weighted by molar-refractivity contribution is 5.02. The van der Waals surface area contributed by atoms with Gasteiger partial charge in [0.05, 0.1) is 18.4 Å². The second-order valence-electron chi connectivity index (χ2n) is 2.33. The molecule has 0 aliphatic heterocycles. The van der Waals surface area contributed by atoms with E-state index >= 15 is 0 Å². The van der Waals surface area contributed by atoms with Gasteiger partial charge in [-0.2, -0.15) is 0 Å². The van der Waals surface area contributed by atoms with Crippen molar-refractivity contribution >= 4 is 0 Å². The van der Waals surface area contributed by atoms with Gasteiger partial charge in [-0.3, -0.25) is 0 Å². The minimum atomic E-state index is -0.442. The van der Waals surface area contributed by atoms with Gasteiger partial charge < -0.3 is 20.1 Å². The van der Waals surface area contributed by atoms with E-state index in [0.29, 0.717) is 18.8 Å². The van der Waals surface area contributed by atoms with Gasteiger partial charge in [-0.05, 0) is 0 Å². The summed E-state index contributed by atoms with van der Waals surface area (Å²) >= 11 is 0. The first kappa shape index (κ1) is 8.95. The molecule has 6 heteroatoms. The molecular weight excluding hydrogens is 162 g/mol. The summed E-state index contributed by atoms with van der Waals surface area (Å²) in [5.41, 5.74) is 0.448. The van der Waals surface area contributed by atoms with Gasteiger partial charge in [0, 0.05) is 6.54 Å². The van der Waals surface area contributed by atoms with Crippen LogP contribution in [0.25, 0.3) is 0 Å². The highest BCUT2D eigenvalue weighted by Crippen LogP contribution is 2.04. The Morgan fingerprint density at radius 2 is 2.50 bits per heavy atom. The molecule has 12 heavy (non-hydrogen) atoms. The van der Waals surface area contributed by atoms with Crippen LogP contribution in [-0.4, -0.2) is 23.5 Å². The van der Waals surface area contributed by atoms with Crippen molar-refractivity contribution in [2.24, 2.45) is 7.05 Å². The van der Waals surface area contributed by atoms with Gasteiger partial charge in [-0.15, -0.1) is 0 Å². The van der Waals surface area contributed by atoms with E-state index < -0.39 is 5.95 Å². The summed E-state index contributed by atoms with van der Waals surface area (Å²) in [5, 5.41) is 25.6. The lowest BCUT2D eigenvalue weighted by Crippen LogP contribution is -2.37. The summed E-state index contributed by atoms with van der Waals surface area (Å²) in [5.74, 6) is -0.442. The molecule has 1 rings (SSSR count). The van der Waals surface area contributed by atoms with E-state index in [1.807, 2.05) is 0 Å². The van der Waals surface area contributed by atoms with Crippen LogP contribution in [0.15, 0.2) is 4.52 Å². The van der Waals surface area contributed by atoms with Crippen molar-refractivity contribution < 1.29 is 19.4 Å². The van der Waals surface area contributed by atoms with Crippen LogP contribution < -0.4 is 15.1 Å². The standard InChI is InChI=1S/C6H11N3O3/c1-9-5(4-7-2-3-10)6(11)12-8-9/h7,10H,2-4H2,1H3. The molecule has 6 nitrogen and oxygen atoms in total. The monoisotopic (exact) mass is 173 g/mol. The maximum Gasteiger partial charge on any atom is 0.246 e. The van der Waals surface area contributed by atoms with Crippen molar-refractivity contribution in [1.29, 1.82) is 0 Å². The van der Waals surface area contributed by atoms with Crippen LogP contribution in [0, 0.1) is 0 Å². The molecule has 0 amide bonds. The molecule has 68 valence electrons. The first-order valence-electron chi connectivity index (χ1n) is 3.59. The highest BCUT2D eigenvalue weighted by atomic mass is 16.6. The summed E-state index contributed by atoms with van der Waals surface area (Å²) in [6.07, 6.45) is 0. The third-order valence-electron chi connectivity index (χ3n) is 1.45. The Morgan fingerprint density at radius 3 is 3.00 bits per heavy atom. The van der Waals surface area contributed by atoms with E-state index in [1.54, 1.807) is 7.05 Å². The molecule has 0 fully saturated rings. The van der Waals surface area contributed by atoms with E-state index in [1.165, 1.54) is 4.68 Å². The number of rotatable bonds is 4. The molecule has 0 saturated heterocycles. The minimum absolute atomic E-state index is 0.0448. The summed E-state index contributed by atoms with van der Waals surface area (Å²) in [4.78, 5) is 0. The summed E-state index contributed by atoms with van der Waals surface area (Å²) in [6.45, 7) is 0.854. The summed E-state index contributed by atoms with van der Waals surface area (Å²) < 4.78 is 5.75. The van der Waals surface area contributed by atoms with E-state index in [9.17, 15) is 5.11 Å². The Labute approximate surface area is 69.4 Å². The number of hydrogen-bond donors (Lipinski definition) is 2. The van der Waals surface area contributed by atoms with Crippen LogP contribution in [0.4, 0.5) is 0 Å². The van der Waals surface area contributed by atoms with Crippen molar-refractivity contribution in [3.05, 3.63) is 5.69 Å². The van der Waals surface area contributed by atoms with Gasteiger partial charge in [-0.1, -0.05) is 4.68 Å². The van der Waals surface area contributed by atoms with Crippen molar-refractivity contribution in [3.63, 3.8) is 0 Å². The molecule has 1 aromatic heterocycles.